The summed E-state index contributed by atoms with van der Waals surface area (Å²) in [4.78, 5) is 2.61. The van der Waals surface area contributed by atoms with Gasteiger partial charge in [-0.2, -0.15) is 0 Å². The zero-order chi connectivity index (χ0) is 9.97. The number of nitrogens with one attached hydrogen (secondary N) is 1. The fourth-order valence-corrected chi connectivity index (χ4v) is 2.45. The van der Waals surface area contributed by atoms with Crippen molar-refractivity contribution in [3.63, 3.8) is 0 Å². The van der Waals surface area contributed by atoms with Crippen molar-refractivity contribution >= 4 is 0 Å². The molecule has 2 unspecified atom stereocenters. The van der Waals surface area contributed by atoms with Crippen LogP contribution in [0.25, 0.3) is 0 Å². The molecule has 2 atom stereocenters. The van der Waals surface area contributed by atoms with E-state index in [2.05, 4.69) is 17.1 Å². The molecule has 1 N–H and O–H groups in total. The van der Waals surface area contributed by atoms with Crippen molar-refractivity contribution in [3.05, 3.63) is 0 Å². The Hall–Kier alpha value is -0.120. The number of hydrogen-bond donors (Lipinski definition) is 1. The van der Waals surface area contributed by atoms with Crippen molar-refractivity contribution in [3.8, 4) is 0 Å². The van der Waals surface area contributed by atoms with Crippen LogP contribution in [0.5, 0.6) is 0 Å². The molecule has 0 radical (unpaired) electrons. The van der Waals surface area contributed by atoms with Crippen molar-refractivity contribution in [1.29, 1.82) is 0 Å². The molecule has 1 heterocycles. The molecule has 2 rings (SSSR count). The second kappa shape index (κ2) is 4.60. The van der Waals surface area contributed by atoms with Crippen LogP contribution in [0, 0.1) is 5.92 Å². The summed E-state index contributed by atoms with van der Waals surface area (Å²) < 4.78 is 5.33. The zero-order valence-corrected chi connectivity index (χ0v) is 9.33. The van der Waals surface area contributed by atoms with Crippen molar-refractivity contribution in [2.24, 2.45) is 5.92 Å². The molecule has 0 aromatic heterocycles. The molecule has 82 valence electrons. The summed E-state index contributed by atoms with van der Waals surface area (Å²) in [6.45, 7) is 6.69. The van der Waals surface area contributed by atoms with Crippen LogP contribution in [0.15, 0.2) is 0 Å². The summed E-state index contributed by atoms with van der Waals surface area (Å²) in [6.07, 6.45) is 2.82. The Morgan fingerprint density at radius 3 is 2.86 bits per heavy atom. The monoisotopic (exact) mass is 198 g/mol. The zero-order valence-electron chi connectivity index (χ0n) is 9.33. The number of ether oxygens (including phenoxy) is 1. The summed E-state index contributed by atoms with van der Waals surface area (Å²) in [5.74, 6) is 0.917. The Labute approximate surface area is 86.8 Å². The van der Waals surface area contributed by atoms with Gasteiger partial charge in [0.1, 0.15) is 0 Å². The lowest BCUT2D eigenvalue weighted by Gasteiger charge is -2.37. The fraction of sp³-hybridized carbons (Fsp3) is 1.00. The summed E-state index contributed by atoms with van der Waals surface area (Å²) in [5, 5.41) is 3.49. The van der Waals surface area contributed by atoms with Crippen molar-refractivity contribution in [1.82, 2.24) is 10.2 Å². The van der Waals surface area contributed by atoms with Gasteiger partial charge in [0.05, 0.1) is 6.61 Å². The number of methoxy groups -OCH3 is 1. The molecule has 1 aliphatic carbocycles. The molecule has 1 aliphatic heterocycles. The Balaban J connectivity index is 1.88. The van der Waals surface area contributed by atoms with Gasteiger partial charge in [-0.05, 0) is 25.7 Å². The largest absolute Gasteiger partial charge is 0.383 e. The standard InChI is InChI=1S/C11H22N2O/c1-9-7-13(6-5-12-9)11(8-14-2)10-3-4-10/h9-12H,3-8H2,1-2H3. The Morgan fingerprint density at radius 2 is 2.29 bits per heavy atom. The van der Waals surface area contributed by atoms with Crippen LogP contribution in [0.2, 0.25) is 0 Å². The molecule has 3 nitrogen and oxygen atoms in total. The normalized spacial score (nSPS) is 31.7. The first-order valence-electron chi connectivity index (χ1n) is 5.77. The average molecular weight is 198 g/mol. The highest BCUT2D eigenvalue weighted by Crippen LogP contribution is 2.35. The van der Waals surface area contributed by atoms with Gasteiger partial charge in [-0.25, -0.2) is 0 Å². The lowest BCUT2D eigenvalue weighted by Crippen LogP contribution is -2.54. The fourth-order valence-electron chi connectivity index (χ4n) is 2.45. The predicted octanol–water partition coefficient (Wildman–Crippen LogP) is 0.705. The molecule has 0 bridgehead atoms. The lowest BCUT2D eigenvalue weighted by atomic mass is 10.1. The van der Waals surface area contributed by atoms with Crippen LogP contribution in [-0.4, -0.2) is 50.3 Å². The first-order valence-corrected chi connectivity index (χ1v) is 5.77. The second-order valence-electron chi connectivity index (χ2n) is 4.71. The van der Waals surface area contributed by atoms with E-state index in [1.54, 1.807) is 0 Å². The van der Waals surface area contributed by atoms with E-state index in [4.69, 9.17) is 4.74 Å². The van der Waals surface area contributed by atoms with Gasteiger partial charge in [0.25, 0.3) is 0 Å². The number of hydrogen-bond acceptors (Lipinski definition) is 3. The molecule has 0 aromatic carbocycles. The smallest absolute Gasteiger partial charge is 0.0620 e. The number of nitrogens with zero attached hydrogens (tertiary/aromatic N) is 1. The van der Waals surface area contributed by atoms with E-state index in [0.717, 1.165) is 19.1 Å². The summed E-state index contributed by atoms with van der Waals surface area (Å²) in [5.41, 5.74) is 0. The van der Waals surface area contributed by atoms with Gasteiger partial charge in [-0.3, -0.25) is 4.90 Å². The van der Waals surface area contributed by atoms with E-state index in [1.165, 1.54) is 25.9 Å². The van der Waals surface area contributed by atoms with Gasteiger partial charge in [0, 0.05) is 38.8 Å². The van der Waals surface area contributed by atoms with Gasteiger partial charge in [0.15, 0.2) is 0 Å². The number of piperazine rings is 1. The van der Waals surface area contributed by atoms with Gasteiger partial charge in [-0.15, -0.1) is 0 Å². The molecule has 0 aromatic rings. The third kappa shape index (κ3) is 2.47. The van der Waals surface area contributed by atoms with E-state index in [9.17, 15) is 0 Å². The average Bonchev–Trinajstić information content (AvgIpc) is 2.97. The Kier molecular flexibility index (Phi) is 3.42. The van der Waals surface area contributed by atoms with E-state index in [-0.39, 0.29) is 0 Å². The van der Waals surface area contributed by atoms with E-state index in [0.29, 0.717) is 12.1 Å². The van der Waals surface area contributed by atoms with Crippen LogP contribution < -0.4 is 5.32 Å². The van der Waals surface area contributed by atoms with Crippen molar-refractivity contribution in [2.45, 2.75) is 31.8 Å². The van der Waals surface area contributed by atoms with Crippen LogP contribution in [0.3, 0.4) is 0 Å². The summed E-state index contributed by atoms with van der Waals surface area (Å²) in [7, 11) is 1.82. The maximum absolute atomic E-state index is 5.33. The first kappa shape index (κ1) is 10.4. The van der Waals surface area contributed by atoms with Crippen molar-refractivity contribution in [2.75, 3.05) is 33.4 Å². The van der Waals surface area contributed by atoms with Crippen LogP contribution in [0.4, 0.5) is 0 Å². The molecular weight excluding hydrogens is 176 g/mol. The quantitative estimate of drug-likeness (QED) is 0.720. The topological polar surface area (TPSA) is 24.5 Å². The van der Waals surface area contributed by atoms with Gasteiger partial charge in [-0.1, -0.05) is 0 Å². The molecule has 1 saturated heterocycles. The highest BCUT2D eigenvalue weighted by Gasteiger charge is 2.36. The third-order valence-corrected chi connectivity index (χ3v) is 3.37. The maximum atomic E-state index is 5.33. The Bertz CT molecular complexity index is 182. The van der Waals surface area contributed by atoms with Crippen molar-refractivity contribution < 1.29 is 4.74 Å². The molecule has 14 heavy (non-hydrogen) atoms. The van der Waals surface area contributed by atoms with Crippen LogP contribution in [-0.2, 0) is 4.74 Å². The van der Waals surface area contributed by atoms with E-state index in [1.807, 2.05) is 7.11 Å². The van der Waals surface area contributed by atoms with Gasteiger partial charge in [0.2, 0.25) is 0 Å². The van der Waals surface area contributed by atoms with Crippen LogP contribution >= 0.6 is 0 Å². The maximum Gasteiger partial charge on any atom is 0.0620 e. The summed E-state index contributed by atoms with van der Waals surface area (Å²) >= 11 is 0. The number of rotatable bonds is 4. The van der Waals surface area contributed by atoms with Gasteiger partial charge < -0.3 is 10.1 Å². The SMILES string of the molecule is COCC(C1CC1)N1CCNC(C)C1. The molecule has 2 fully saturated rings. The molecular formula is C11H22N2O. The minimum absolute atomic E-state index is 0.641. The lowest BCUT2D eigenvalue weighted by molar-refractivity contribution is 0.0601. The highest BCUT2D eigenvalue weighted by molar-refractivity contribution is 4.91. The third-order valence-electron chi connectivity index (χ3n) is 3.37. The predicted molar refractivity (Wildman–Crippen MR) is 57.4 cm³/mol. The Morgan fingerprint density at radius 1 is 1.50 bits per heavy atom. The minimum atomic E-state index is 0.641. The minimum Gasteiger partial charge on any atom is -0.383 e. The molecule has 0 amide bonds. The van der Waals surface area contributed by atoms with E-state index >= 15 is 0 Å². The second-order valence-corrected chi connectivity index (χ2v) is 4.71. The molecule has 1 saturated carbocycles. The first-order chi connectivity index (χ1) is 6.81. The molecule has 0 spiro atoms. The van der Waals surface area contributed by atoms with Crippen LogP contribution in [0.1, 0.15) is 19.8 Å². The van der Waals surface area contributed by atoms with E-state index < -0.39 is 0 Å². The molecule has 2 aliphatic rings. The highest BCUT2D eigenvalue weighted by atomic mass is 16.5. The molecule has 3 heteroatoms. The summed E-state index contributed by atoms with van der Waals surface area (Å²) in [6, 6.07) is 1.33. The van der Waals surface area contributed by atoms with Gasteiger partial charge >= 0.3 is 0 Å².